The summed E-state index contributed by atoms with van der Waals surface area (Å²) in [7, 11) is 0. The Labute approximate surface area is 156 Å². The van der Waals surface area contributed by atoms with Crippen molar-refractivity contribution in [3.05, 3.63) is 47.8 Å². The van der Waals surface area contributed by atoms with Gasteiger partial charge in [-0.1, -0.05) is 25.3 Å². The summed E-state index contributed by atoms with van der Waals surface area (Å²) in [5.41, 5.74) is 0.0458. The maximum Gasteiger partial charge on any atom is 0.314 e. The third-order valence-corrected chi connectivity index (χ3v) is 4.74. The van der Waals surface area contributed by atoms with Crippen LogP contribution in [0.4, 0.5) is 13.2 Å². The molecule has 0 N–H and O–H groups in total. The number of halogens is 3. The van der Waals surface area contributed by atoms with Gasteiger partial charge in [-0.2, -0.15) is 4.39 Å². The minimum Gasteiger partial charge on any atom is -0.491 e. The standard InChI is InChI=1S/C21H21F3O3/c1-2-26-18-11-9-15(19(23)20(18)24)14-8-10-17(16(22)12-14)27-21(25)13-6-4-3-5-7-13/h8-13H,2-7H2,1H3. The van der Waals surface area contributed by atoms with Gasteiger partial charge >= 0.3 is 5.97 Å². The van der Waals surface area contributed by atoms with Gasteiger partial charge in [-0.3, -0.25) is 4.79 Å². The SMILES string of the molecule is CCOc1ccc(-c2ccc(OC(=O)C3CCCCC3)c(F)c2)c(F)c1F. The number of hydrogen-bond donors (Lipinski definition) is 0. The maximum absolute atomic E-state index is 14.4. The highest BCUT2D eigenvalue weighted by Gasteiger charge is 2.24. The molecule has 0 bridgehead atoms. The van der Waals surface area contributed by atoms with Gasteiger partial charge in [-0.15, -0.1) is 0 Å². The Morgan fingerprint density at radius 2 is 1.70 bits per heavy atom. The Balaban J connectivity index is 1.80. The molecule has 3 nitrogen and oxygen atoms in total. The molecule has 0 radical (unpaired) electrons. The molecule has 1 aliphatic rings. The summed E-state index contributed by atoms with van der Waals surface area (Å²) in [6.45, 7) is 1.86. The highest BCUT2D eigenvalue weighted by Crippen LogP contribution is 2.33. The van der Waals surface area contributed by atoms with E-state index in [-0.39, 0.29) is 35.2 Å². The minimum atomic E-state index is -1.12. The molecular weight excluding hydrogens is 357 g/mol. The van der Waals surface area contributed by atoms with Gasteiger partial charge < -0.3 is 9.47 Å². The van der Waals surface area contributed by atoms with Crippen LogP contribution in [0.15, 0.2) is 30.3 Å². The van der Waals surface area contributed by atoms with E-state index in [1.807, 2.05) is 0 Å². The van der Waals surface area contributed by atoms with Gasteiger partial charge in [0.1, 0.15) is 0 Å². The first-order valence-corrected chi connectivity index (χ1v) is 9.13. The molecule has 1 saturated carbocycles. The van der Waals surface area contributed by atoms with Crippen LogP contribution in [0, 0.1) is 23.4 Å². The Morgan fingerprint density at radius 3 is 2.37 bits per heavy atom. The normalized spacial score (nSPS) is 14.8. The lowest BCUT2D eigenvalue weighted by atomic mass is 9.89. The van der Waals surface area contributed by atoms with Crippen LogP contribution in [-0.4, -0.2) is 12.6 Å². The molecule has 0 saturated heterocycles. The Morgan fingerprint density at radius 1 is 1.00 bits per heavy atom. The van der Waals surface area contributed by atoms with Crippen molar-refractivity contribution in [2.24, 2.45) is 5.92 Å². The molecule has 2 aromatic carbocycles. The van der Waals surface area contributed by atoms with Crippen LogP contribution in [-0.2, 0) is 4.79 Å². The molecule has 0 atom stereocenters. The van der Waals surface area contributed by atoms with E-state index in [0.29, 0.717) is 0 Å². The van der Waals surface area contributed by atoms with Gasteiger partial charge in [0.05, 0.1) is 12.5 Å². The van der Waals surface area contributed by atoms with Crippen LogP contribution in [0.5, 0.6) is 11.5 Å². The molecule has 0 aromatic heterocycles. The van der Waals surface area contributed by atoms with Gasteiger partial charge in [-0.25, -0.2) is 8.78 Å². The van der Waals surface area contributed by atoms with Crippen molar-refractivity contribution in [2.45, 2.75) is 39.0 Å². The fourth-order valence-corrected chi connectivity index (χ4v) is 3.30. The molecule has 0 unspecified atom stereocenters. The largest absolute Gasteiger partial charge is 0.491 e. The van der Waals surface area contributed by atoms with E-state index >= 15 is 0 Å². The Kier molecular flexibility index (Phi) is 6.04. The molecular formula is C21H21F3O3. The highest BCUT2D eigenvalue weighted by molar-refractivity contribution is 5.76. The van der Waals surface area contributed by atoms with E-state index in [4.69, 9.17) is 9.47 Å². The lowest BCUT2D eigenvalue weighted by Gasteiger charge is -2.20. The molecule has 0 amide bonds. The van der Waals surface area contributed by atoms with Crippen molar-refractivity contribution in [1.82, 2.24) is 0 Å². The van der Waals surface area contributed by atoms with Gasteiger partial charge in [0, 0.05) is 5.56 Å². The van der Waals surface area contributed by atoms with Crippen molar-refractivity contribution in [3.63, 3.8) is 0 Å². The van der Waals surface area contributed by atoms with Crippen molar-refractivity contribution in [2.75, 3.05) is 6.61 Å². The summed E-state index contributed by atoms with van der Waals surface area (Å²) in [6.07, 6.45) is 4.51. The predicted octanol–water partition coefficient (Wildman–Crippen LogP) is 5.66. The summed E-state index contributed by atoms with van der Waals surface area (Å²) in [4.78, 5) is 12.2. The second-order valence-electron chi connectivity index (χ2n) is 6.57. The van der Waals surface area contributed by atoms with Crippen molar-refractivity contribution in [1.29, 1.82) is 0 Å². The molecule has 144 valence electrons. The Hall–Kier alpha value is -2.50. The van der Waals surface area contributed by atoms with Gasteiger partial charge in [0.2, 0.25) is 5.82 Å². The summed E-state index contributed by atoms with van der Waals surface area (Å²) in [6, 6.07) is 6.31. The van der Waals surface area contributed by atoms with Crippen LogP contribution < -0.4 is 9.47 Å². The molecule has 3 rings (SSSR count). The van der Waals surface area contributed by atoms with E-state index in [2.05, 4.69) is 0 Å². The number of benzene rings is 2. The van der Waals surface area contributed by atoms with Crippen LogP contribution >= 0.6 is 0 Å². The molecule has 1 aliphatic carbocycles. The van der Waals surface area contributed by atoms with Crippen LogP contribution in [0.1, 0.15) is 39.0 Å². The molecule has 0 aliphatic heterocycles. The summed E-state index contributed by atoms with van der Waals surface area (Å²) in [5, 5.41) is 0. The number of carbonyl (C=O) groups is 1. The fraction of sp³-hybridized carbons (Fsp3) is 0.381. The van der Waals surface area contributed by atoms with Gasteiger partial charge in [-0.05, 0) is 49.6 Å². The Bertz CT molecular complexity index is 830. The van der Waals surface area contributed by atoms with Gasteiger partial charge in [0.25, 0.3) is 0 Å². The van der Waals surface area contributed by atoms with E-state index < -0.39 is 23.4 Å². The lowest BCUT2D eigenvalue weighted by Crippen LogP contribution is -2.23. The van der Waals surface area contributed by atoms with E-state index in [1.165, 1.54) is 24.3 Å². The topological polar surface area (TPSA) is 35.5 Å². The average Bonchev–Trinajstić information content (AvgIpc) is 2.68. The van der Waals surface area contributed by atoms with Crippen LogP contribution in [0.2, 0.25) is 0 Å². The van der Waals surface area contributed by atoms with Crippen molar-refractivity contribution < 1.29 is 27.4 Å². The monoisotopic (exact) mass is 378 g/mol. The predicted molar refractivity (Wildman–Crippen MR) is 95.1 cm³/mol. The zero-order chi connectivity index (χ0) is 19.4. The number of carbonyl (C=O) groups excluding carboxylic acids is 1. The minimum absolute atomic E-state index is 0.0972. The molecule has 1 fully saturated rings. The first kappa shape index (κ1) is 19.3. The number of esters is 1. The van der Waals surface area contributed by atoms with E-state index in [0.717, 1.165) is 38.2 Å². The fourth-order valence-electron chi connectivity index (χ4n) is 3.30. The third-order valence-electron chi connectivity index (χ3n) is 4.74. The zero-order valence-corrected chi connectivity index (χ0v) is 15.1. The van der Waals surface area contributed by atoms with E-state index in [9.17, 15) is 18.0 Å². The molecule has 0 heterocycles. The molecule has 6 heteroatoms. The van der Waals surface area contributed by atoms with Crippen LogP contribution in [0.3, 0.4) is 0 Å². The lowest BCUT2D eigenvalue weighted by molar-refractivity contribution is -0.140. The number of rotatable bonds is 5. The number of ether oxygens (including phenoxy) is 2. The molecule has 2 aromatic rings. The zero-order valence-electron chi connectivity index (χ0n) is 15.1. The summed E-state index contributed by atoms with van der Waals surface area (Å²) >= 11 is 0. The molecule has 27 heavy (non-hydrogen) atoms. The third kappa shape index (κ3) is 4.26. The number of hydrogen-bond acceptors (Lipinski definition) is 3. The van der Waals surface area contributed by atoms with Crippen molar-refractivity contribution >= 4 is 5.97 Å². The quantitative estimate of drug-likeness (QED) is 0.498. The second kappa shape index (κ2) is 8.46. The second-order valence-corrected chi connectivity index (χ2v) is 6.57. The summed E-state index contributed by atoms with van der Waals surface area (Å²) < 4.78 is 52.9. The smallest absolute Gasteiger partial charge is 0.314 e. The van der Waals surface area contributed by atoms with Crippen molar-refractivity contribution in [3.8, 4) is 22.6 Å². The first-order chi connectivity index (χ1) is 13.0. The molecule has 0 spiro atoms. The van der Waals surface area contributed by atoms with E-state index in [1.54, 1.807) is 6.92 Å². The average molecular weight is 378 g/mol. The van der Waals surface area contributed by atoms with Crippen LogP contribution in [0.25, 0.3) is 11.1 Å². The summed E-state index contributed by atoms with van der Waals surface area (Å²) in [5.74, 6) is -4.10. The van der Waals surface area contributed by atoms with Gasteiger partial charge in [0.15, 0.2) is 23.1 Å². The maximum atomic E-state index is 14.4. The first-order valence-electron chi connectivity index (χ1n) is 9.13. The highest BCUT2D eigenvalue weighted by atomic mass is 19.2.